The maximum absolute atomic E-state index is 11.2. The second kappa shape index (κ2) is 4.71. The first-order chi connectivity index (χ1) is 8.90. The average molecular weight is 280 g/mol. The summed E-state index contributed by atoms with van der Waals surface area (Å²) in [5, 5.41) is 11.2. The Labute approximate surface area is 115 Å². The maximum atomic E-state index is 11.2. The normalized spacial score (nSPS) is 26.4. The molecule has 0 aromatic carbocycles. The molecular weight excluding hydrogens is 266 g/mol. The SMILES string of the molecule is CC[N+]1(C)C(c2nccc(C)n2)=NC(=S)C1[N+](=O)[O-]. The molecule has 0 aliphatic carbocycles. The van der Waals surface area contributed by atoms with Crippen molar-refractivity contribution in [2.45, 2.75) is 20.0 Å². The van der Waals surface area contributed by atoms with Crippen LogP contribution in [0.4, 0.5) is 0 Å². The summed E-state index contributed by atoms with van der Waals surface area (Å²) in [6, 6.07) is 1.76. The second-order valence-electron chi connectivity index (χ2n) is 4.54. The van der Waals surface area contributed by atoms with Crippen LogP contribution in [-0.4, -0.2) is 50.0 Å². The topological polar surface area (TPSA) is 81.3 Å². The second-order valence-corrected chi connectivity index (χ2v) is 4.96. The lowest BCUT2D eigenvalue weighted by molar-refractivity contribution is -0.921. The largest absolute Gasteiger partial charge is 0.395 e. The maximum Gasteiger partial charge on any atom is 0.395 e. The number of likely N-dealkylation sites (N-methyl/N-ethyl adjacent to an activating group) is 1. The molecule has 7 nitrogen and oxygen atoms in total. The number of aliphatic imine (C=N–C) groups is 1. The molecule has 2 unspecified atom stereocenters. The molecule has 1 aromatic heterocycles. The van der Waals surface area contributed by atoms with Crippen LogP contribution >= 0.6 is 12.2 Å². The van der Waals surface area contributed by atoms with Crippen LogP contribution < -0.4 is 0 Å². The third kappa shape index (κ3) is 2.13. The van der Waals surface area contributed by atoms with E-state index in [1.165, 1.54) is 0 Å². The third-order valence-electron chi connectivity index (χ3n) is 3.31. The van der Waals surface area contributed by atoms with Gasteiger partial charge >= 0.3 is 6.17 Å². The van der Waals surface area contributed by atoms with Crippen LogP contribution in [0.15, 0.2) is 17.3 Å². The van der Waals surface area contributed by atoms with Crippen molar-refractivity contribution >= 4 is 23.0 Å². The van der Waals surface area contributed by atoms with E-state index in [1.807, 2.05) is 13.8 Å². The highest BCUT2D eigenvalue weighted by molar-refractivity contribution is 7.80. The first-order valence-electron chi connectivity index (χ1n) is 5.82. The molecule has 0 radical (unpaired) electrons. The van der Waals surface area contributed by atoms with Gasteiger partial charge in [-0.25, -0.2) is 14.5 Å². The van der Waals surface area contributed by atoms with E-state index in [2.05, 4.69) is 15.0 Å². The Balaban J connectivity index is 2.54. The first-order valence-corrected chi connectivity index (χ1v) is 6.22. The monoisotopic (exact) mass is 280 g/mol. The van der Waals surface area contributed by atoms with Gasteiger partial charge in [-0.05, 0) is 32.1 Å². The van der Waals surface area contributed by atoms with Crippen LogP contribution in [0.1, 0.15) is 18.4 Å². The fourth-order valence-electron chi connectivity index (χ4n) is 2.09. The van der Waals surface area contributed by atoms with Crippen molar-refractivity contribution < 1.29 is 9.41 Å². The van der Waals surface area contributed by atoms with E-state index >= 15 is 0 Å². The van der Waals surface area contributed by atoms with Crippen molar-refractivity contribution in [1.82, 2.24) is 9.97 Å². The van der Waals surface area contributed by atoms with Crippen LogP contribution in [-0.2, 0) is 0 Å². The summed E-state index contributed by atoms with van der Waals surface area (Å²) >= 11 is 5.04. The number of amidine groups is 1. The Hall–Kier alpha value is -1.80. The van der Waals surface area contributed by atoms with Gasteiger partial charge in [0.15, 0.2) is 0 Å². The molecule has 0 spiro atoms. The molecular formula is C11H14N5O2S+. The summed E-state index contributed by atoms with van der Waals surface area (Å²) in [6.07, 6.45) is 0.571. The van der Waals surface area contributed by atoms with Gasteiger partial charge in [0.25, 0.3) is 5.84 Å². The number of nitrogens with zero attached hydrogens (tertiary/aromatic N) is 5. The minimum atomic E-state index is -1.04. The van der Waals surface area contributed by atoms with E-state index in [0.29, 0.717) is 18.2 Å². The van der Waals surface area contributed by atoms with Crippen LogP contribution in [0.3, 0.4) is 0 Å². The summed E-state index contributed by atoms with van der Waals surface area (Å²) in [4.78, 5) is 23.5. The number of rotatable bonds is 3. The van der Waals surface area contributed by atoms with Gasteiger partial charge < -0.3 is 0 Å². The average Bonchev–Trinajstić information content (AvgIpc) is 2.61. The van der Waals surface area contributed by atoms with Gasteiger partial charge in [-0.15, -0.1) is 0 Å². The Kier molecular flexibility index (Phi) is 3.38. The first kappa shape index (κ1) is 13.6. The summed E-state index contributed by atoms with van der Waals surface area (Å²) in [5.74, 6) is 0.856. The zero-order chi connectivity index (χ0) is 14.2. The van der Waals surface area contributed by atoms with Crippen molar-refractivity contribution in [3.8, 4) is 0 Å². The molecule has 0 saturated heterocycles. The van der Waals surface area contributed by atoms with Gasteiger partial charge in [0.05, 0.1) is 18.5 Å². The predicted octanol–water partition coefficient (Wildman–Crippen LogP) is 0.942. The highest BCUT2D eigenvalue weighted by Gasteiger charge is 2.55. The lowest BCUT2D eigenvalue weighted by atomic mass is 10.3. The molecule has 0 bridgehead atoms. The summed E-state index contributed by atoms with van der Waals surface area (Å²) in [5.41, 5.74) is 0.783. The highest BCUT2D eigenvalue weighted by atomic mass is 32.1. The lowest BCUT2D eigenvalue weighted by Gasteiger charge is -2.28. The highest BCUT2D eigenvalue weighted by Crippen LogP contribution is 2.25. The Morgan fingerprint density at radius 2 is 2.26 bits per heavy atom. The molecule has 19 heavy (non-hydrogen) atoms. The van der Waals surface area contributed by atoms with E-state index < -0.39 is 11.1 Å². The van der Waals surface area contributed by atoms with Crippen LogP contribution in [0.5, 0.6) is 0 Å². The Morgan fingerprint density at radius 1 is 1.58 bits per heavy atom. The third-order valence-corrected chi connectivity index (χ3v) is 3.61. The van der Waals surface area contributed by atoms with E-state index in [9.17, 15) is 10.1 Å². The Bertz CT molecular complexity index is 588. The minimum Gasteiger partial charge on any atom is -0.259 e. The number of aromatic nitrogens is 2. The van der Waals surface area contributed by atoms with Crippen molar-refractivity contribution in [3.05, 3.63) is 33.9 Å². The molecule has 0 amide bonds. The van der Waals surface area contributed by atoms with Crippen molar-refractivity contribution in [1.29, 1.82) is 0 Å². The number of quaternary nitrogens is 1. The van der Waals surface area contributed by atoms with Crippen LogP contribution in [0.2, 0.25) is 0 Å². The number of hydrogen-bond donors (Lipinski definition) is 0. The van der Waals surface area contributed by atoms with E-state index in [-0.39, 0.29) is 9.47 Å². The number of aryl methyl sites for hydroxylation is 1. The zero-order valence-electron chi connectivity index (χ0n) is 10.9. The van der Waals surface area contributed by atoms with Gasteiger partial charge in [0, 0.05) is 11.9 Å². The molecule has 0 fully saturated rings. The van der Waals surface area contributed by atoms with Gasteiger partial charge in [-0.1, -0.05) is 0 Å². The zero-order valence-corrected chi connectivity index (χ0v) is 11.7. The smallest absolute Gasteiger partial charge is 0.259 e. The van der Waals surface area contributed by atoms with E-state index in [1.54, 1.807) is 19.3 Å². The van der Waals surface area contributed by atoms with Crippen LogP contribution in [0.25, 0.3) is 0 Å². The molecule has 0 saturated carbocycles. The number of hydrogen-bond acceptors (Lipinski definition) is 5. The number of nitro groups is 1. The molecule has 0 N–H and O–H groups in total. The molecule has 100 valence electrons. The van der Waals surface area contributed by atoms with Gasteiger partial charge in [0.2, 0.25) is 10.8 Å². The molecule has 1 aromatic rings. The summed E-state index contributed by atoms with van der Waals surface area (Å²) in [6.45, 7) is 4.18. The van der Waals surface area contributed by atoms with Crippen molar-refractivity contribution in [3.63, 3.8) is 0 Å². The van der Waals surface area contributed by atoms with Crippen LogP contribution in [0, 0.1) is 17.0 Å². The van der Waals surface area contributed by atoms with Crippen molar-refractivity contribution in [2.75, 3.05) is 13.6 Å². The molecule has 1 aliphatic rings. The van der Waals surface area contributed by atoms with E-state index in [0.717, 1.165) is 5.69 Å². The number of thiocarbonyl (C=S) groups is 1. The quantitative estimate of drug-likeness (QED) is 0.356. The Morgan fingerprint density at radius 3 is 2.79 bits per heavy atom. The van der Waals surface area contributed by atoms with Crippen molar-refractivity contribution in [2.24, 2.45) is 4.99 Å². The minimum absolute atomic E-state index is 0.00468. The van der Waals surface area contributed by atoms with Gasteiger partial charge in [0.1, 0.15) is 0 Å². The van der Waals surface area contributed by atoms with E-state index in [4.69, 9.17) is 12.2 Å². The summed E-state index contributed by atoms with van der Waals surface area (Å²) in [7, 11) is 1.73. The molecule has 2 heterocycles. The molecule has 1 aliphatic heterocycles. The fraction of sp³-hybridized carbons (Fsp3) is 0.455. The molecule has 2 rings (SSSR count). The molecule has 2 atom stereocenters. The van der Waals surface area contributed by atoms with Gasteiger partial charge in [-0.2, -0.15) is 4.99 Å². The summed E-state index contributed by atoms with van der Waals surface area (Å²) < 4.78 is -0.00468. The standard InChI is InChI=1S/C11H14N5O2S/c1-4-16(3)9(8-12-6-5-7(2)13-8)14-10(19)11(16)15(17)18/h5-6,11H,4H2,1-3H3/q+1. The fourth-order valence-corrected chi connectivity index (χ4v) is 2.50. The predicted molar refractivity (Wildman–Crippen MR) is 73.4 cm³/mol. The molecule has 8 heteroatoms. The lowest BCUT2D eigenvalue weighted by Crippen LogP contribution is -2.58. The van der Waals surface area contributed by atoms with Gasteiger partial charge in [-0.3, -0.25) is 10.1 Å².